The van der Waals surface area contributed by atoms with E-state index in [0.29, 0.717) is 0 Å². The molecule has 2 saturated heterocycles. The predicted octanol–water partition coefficient (Wildman–Crippen LogP) is 2.19. The molecule has 6 heteroatoms. The van der Waals surface area contributed by atoms with Crippen LogP contribution in [0.4, 0.5) is 10.5 Å². The number of nitrogens with one attached hydrogen (secondary N) is 1. The zero-order valence-corrected chi connectivity index (χ0v) is 13.9. The average molecular weight is 318 g/mol. The van der Waals surface area contributed by atoms with Gasteiger partial charge in [0.25, 0.3) is 0 Å². The topological polar surface area (TPSA) is 57.7 Å². The highest BCUT2D eigenvalue weighted by Gasteiger charge is 2.32. The molecule has 2 aliphatic rings. The molecular weight excluding hydrogens is 292 g/mol. The van der Waals surface area contributed by atoms with Crippen LogP contribution in [-0.2, 0) is 4.74 Å². The lowest BCUT2D eigenvalue weighted by Gasteiger charge is -2.38. The molecule has 3 rings (SSSR count). The Bertz CT molecular complexity index is 515. The maximum atomic E-state index is 12.5. The standard InChI is InChI=1S/C17H26N4O2/c1-13-10-20(11-14(2)23-13)12-16-6-4-8-21(16)17(22)19-15-5-3-7-18-9-15/h3,5,7,9,13-14,16H,4,6,8,10-12H2,1-2H3,(H,19,22)/t13-,14+,16-/m1/s1. The number of carbonyl (C=O) groups excluding carboxylic acids is 1. The molecule has 1 N–H and O–H groups in total. The van der Waals surface area contributed by atoms with Gasteiger partial charge in [-0.2, -0.15) is 0 Å². The molecule has 0 bridgehead atoms. The number of aromatic nitrogens is 1. The monoisotopic (exact) mass is 318 g/mol. The van der Waals surface area contributed by atoms with Crippen LogP contribution in [0.1, 0.15) is 26.7 Å². The van der Waals surface area contributed by atoms with Crippen LogP contribution >= 0.6 is 0 Å². The second-order valence-corrected chi connectivity index (χ2v) is 6.64. The second-order valence-electron chi connectivity index (χ2n) is 6.64. The van der Waals surface area contributed by atoms with Crippen LogP contribution in [0.5, 0.6) is 0 Å². The number of amides is 2. The van der Waals surface area contributed by atoms with Gasteiger partial charge < -0.3 is 15.0 Å². The van der Waals surface area contributed by atoms with Crippen LogP contribution in [0.2, 0.25) is 0 Å². The van der Waals surface area contributed by atoms with Crippen LogP contribution in [0.15, 0.2) is 24.5 Å². The fraction of sp³-hybridized carbons (Fsp3) is 0.647. The minimum atomic E-state index is -0.0187. The van der Waals surface area contributed by atoms with Gasteiger partial charge in [0.05, 0.1) is 24.1 Å². The number of urea groups is 1. The van der Waals surface area contributed by atoms with Crippen molar-refractivity contribution in [3.05, 3.63) is 24.5 Å². The summed E-state index contributed by atoms with van der Waals surface area (Å²) in [5, 5.41) is 2.95. The number of hydrogen-bond acceptors (Lipinski definition) is 4. The molecule has 6 nitrogen and oxygen atoms in total. The largest absolute Gasteiger partial charge is 0.373 e. The van der Waals surface area contributed by atoms with E-state index in [9.17, 15) is 4.79 Å². The maximum absolute atomic E-state index is 12.5. The predicted molar refractivity (Wildman–Crippen MR) is 89.4 cm³/mol. The Morgan fingerprint density at radius 3 is 2.87 bits per heavy atom. The number of anilines is 1. The summed E-state index contributed by atoms with van der Waals surface area (Å²) in [6.07, 6.45) is 6.04. The van der Waals surface area contributed by atoms with E-state index in [1.807, 2.05) is 17.0 Å². The van der Waals surface area contributed by atoms with E-state index in [0.717, 1.165) is 44.7 Å². The summed E-state index contributed by atoms with van der Waals surface area (Å²) in [5.74, 6) is 0. The lowest BCUT2D eigenvalue weighted by Crippen LogP contribution is -2.51. The van der Waals surface area contributed by atoms with Crippen LogP contribution in [0, 0.1) is 0 Å². The first-order chi connectivity index (χ1) is 11.1. The Hall–Kier alpha value is -1.66. The summed E-state index contributed by atoms with van der Waals surface area (Å²) in [6.45, 7) is 7.87. The summed E-state index contributed by atoms with van der Waals surface area (Å²) in [7, 11) is 0. The number of carbonyl (C=O) groups is 1. The van der Waals surface area contributed by atoms with Crippen LogP contribution < -0.4 is 5.32 Å². The molecule has 1 aromatic rings. The van der Waals surface area contributed by atoms with E-state index in [4.69, 9.17) is 4.74 Å². The fourth-order valence-electron chi connectivity index (χ4n) is 3.66. The Morgan fingerprint density at radius 2 is 2.17 bits per heavy atom. The minimum Gasteiger partial charge on any atom is -0.373 e. The van der Waals surface area contributed by atoms with E-state index in [1.165, 1.54) is 0 Å². The van der Waals surface area contributed by atoms with E-state index in [2.05, 4.69) is 29.0 Å². The van der Waals surface area contributed by atoms with Crippen LogP contribution in [0.3, 0.4) is 0 Å². The van der Waals surface area contributed by atoms with Crippen molar-refractivity contribution >= 4 is 11.7 Å². The third kappa shape index (κ3) is 4.20. The molecule has 0 spiro atoms. The molecule has 3 atom stereocenters. The van der Waals surface area contributed by atoms with Gasteiger partial charge >= 0.3 is 6.03 Å². The van der Waals surface area contributed by atoms with Gasteiger partial charge in [0.2, 0.25) is 0 Å². The Kier molecular flexibility index (Phi) is 5.13. The number of morpholine rings is 1. The lowest BCUT2D eigenvalue weighted by molar-refractivity contribution is -0.0712. The molecule has 2 amide bonds. The molecule has 0 radical (unpaired) electrons. The molecule has 0 saturated carbocycles. The second kappa shape index (κ2) is 7.27. The SMILES string of the molecule is C[C@@H]1CN(C[C@H]2CCCN2C(=O)Nc2cccnc2)C[C@H](C)O1. The summed E-state index contributed by atoms with van der Waals surface area (Å²) in [5.41, 5.74) is 0.747. The highest BCUT2D eigenvalue weighted by molar-refractivity contribution is 5.89. The maximum Gasteiger partial charge on any atom is 0.322 e. The van der Waals surface area contributed by atoms with Crippen molar-refractivity contribution in [1.82, 2.24) is 14.8 Å². The number of rotatable bonds is 3. The number of likely N-dealkylation sites (tertiary alicyclic amines) is 1. The fourth-order valence-corrected chi connectivity index (χ4v) is 3.66. The van der Waals surface area contributed by atoms with Crippen molar-refractivity contribution in [2.45, 2.75) is 44.9 Å². The lowest BCUT2D eigenvalue weighted by atomic mass is 10.1. The van der Waals surface area contributed by atoms with E-state index in [1.54, 1.807) is 12.4 Å². The van der Waals surface area contributed by atoms with E-state index < -0.39 is 0 Å². The first-order valence-electron chi connectivity index (χ1n) is 8.47. The van der Waals surface area contributed by atoms with Gasteiger partial charge in [0.1, 0.15) is 0 Å². The molecule has 2 fully saturated rings. The van der Waals surface area contributed by atoms with Gasteiger partial charge in [0, 0.05) is 38.4 Å². The summed E-state index contributed by atoms with van der Waals surface area (Å²) in [6, 6.07) is 3.95. The Labute approximate surface area is 137 Å². The van der Waals surface area contributed by atoms with Crippen molar-refractivity contribution in [1.29, 1.82) is 0 Å². The first kappa shape index (κ1) is 16.2. The van der Waals surface area contributed by atoms with Gasteiger partial charge in [-0.15, -0.1) is 0 Å². The molecule has 3 heterocycles. The van der Waals surface area contributed by atoms with Crippen molar-refractivity contribution in [2.24, 2.45) is 0 Å². The van der Waals surface area contributed by atoms with Crippen molar-refractivity contribution < 1.29 is 9.53 Å². The van der Waals surface area contributed by atoms with Crippen LogP contribution in [0.25, 0.3) is 0 Å². The van der Waals surface area contributed by atoms with Gasteiger partial charge in [0.15, 0.2) is 0 Å². The summed E-state index contributed by atoms with van der Waals surface area (Å²) >= 11 is 0. The van der Waals surface area contributed by atoms with Crippen LogP contribution in [-0.4, -0.2) is 65.2 Å². The summed E-state index contributed by atoms with van der Waals surface area (Å²) in [4.78, 5) is 21.0. The van der Waals surface area contributed by atoms with Gasteiger partial charge in [-0.1, -0.05) is 0 Å². The van der Waals surface area contributed by atoms with Gasteiger partial charge in [-0.3, -0.25) is 9.88 Å². The smallest absolute Gasteiger partial charge is 0.322 e. The van der Waals surface area contributed by atoms with Gasteiger partial charge in [-0.25, -0.2) is 4.79 Å². The van der Waals surface area contributed by atoms with Crippen molar-refractivity contribution in [3.8, 4) is 0 Å². The molecular formula is C17H26N4O2. The highest BCUT2D eigenvalue weighted by Crippen LogP contribution is 2.21. The number of pyridine rings is 1. The molecule has 0 unspecified atom stereocenters. The summed E-state index contributed by atoms with van der Waals surface area (Å²) < 4.78 is 5.79. The normalized spacial score (nSPS) is 28.8. The zero-order chi connectivity index (χ0) is 16.2. The molecule has 1 aromatic heterocycles. The first-order valence-corrected chi connectivity index (χ1v) is 8.47. The zero-order valence-electron chi connectivity index (χ0n) is 13.9. The number of ether oxygens (including phenoxy) is 1. The number of hydrogen-bond donors (Lipinski definition) is 1. The highest BCUT2D eigenvalue weighted by atomic mass is 16.5. The molecule has 0 aliphatic carbocycles. The van der Waals surface area contributed by atoms with E-state index in [-0.39, 0.29) is 24.3 Å². The van der Waals surface area contributed by atoms with Crippen molar-refractivity contribution in [2.75, 3.05) is 31.5 Å². The Balaban J connectivity index is 1.58. The molecule has 2 aliphatic heterocycles. The molecule has 126 valence electrons. The van der Waals surface area contributed by atoms with Gasteiger partial charge in [-0.05, 0) is 38.8 Å². The molecule has 23 heavy (non-hydrogen) atoms. The molecule has 0 aromatic carbocycles. The average Bonchev–Trinajstić information content (AvgIpc) is 2.95. The quantitative estimate of drug-likeness (QED) is 0.928. The third-order valence-electron chi connectivity index (χ3n) is 4.51. The van der Waals surface area contributed by atoms with E-state index >= 15 is 0 Å². The van der Waals surface area contributed by atoms with Crippen molar-refractivity contribution in [3.63, 3.8) is 0 Å². The minimum absolute atomic E-state index is 0.0187. The number of nitrogens with zero attached hydrogens (tertiary/aromatic N) is 3. The third-order valence-corrected chi connectivity index (χ3v) is 4.51. The Morgan fingerprint density at radius 1 is 1.39 bits per heavy atom.